The van der Waals surface area contributed by atoms with Crippen LogP contribution < -0.4 is 4.74 Å². The number of ether oxygens (including phenoxy) is 2. The largest absolute Gasteiger partial charge is 0.465 e. The zero-order valence-electron chi connectivity index (χ0n) is 9.16. The fourth-order valence-corrected chi connectivity index (χ4v) is 1.69. The molecule has 0 N–H and O–H groups in total. The lowest BCUT2D eigenvalue weighted by atomic mass is 10.2. The molecule has 0 spiro atoms. The Balaban J connectivity index is 1.91. The molecule has 0 aliphatic carbocycles. The Morgan fingerprint density at radius 2 is 2.40 bits per heavy atom. The molecular formula is C13H17O2. The van der Waals surface area contributed by atoms with Gasteiger partial charge in [-0.15, -0.1) is 0 Å². The van der Waals surface area contributed by atoms with E-state index in [1.54, 1.807) is 0 Å². The van der Waals surface area contributed by atoms with Crippen LogP contribution in [0, 0.1) is 6.07 Å². The lowest BCUT2D eigenvalue weighted by molar-refractivity contribution is -0.105. The van der Waals surface area contributed by atoms with E-state index in [4.69, 9.17) is 9.47 Å². The van der Waals surface area contributed by atoms with Crippen LogP contribution in [0.5, 0.6) is 5.75 Å². The van der Waals surface area contributed by atoms with Gasteiger partial charge in [-0.25, -0.2) is 0 Å². The molecule has 1 fully saturated rings. The van der Waals surface area contributed by atoms with Crippen LogP contribution in [-0.4, -0.2) is 12.9 Å². The molecule has 0 saturated carbocycles. The van der Waals surface area contributed by atoms with Crippen molar-refractivity contribution >= 4 is 0 Å². The third-order valence-corrected chi connectivity index (χ3v) is 2.63. The maximum absolute atomic E-state index is 5.70. The molecule has 0 amide bonds. The maximum Gasteiger partial charge on any atom is 0.199 e. The molecule has 2 heteroatoms. The molecular weight excluding hydrogens is 188 g/mol. The highest BCUT2D eigenvalue weighted by Gasteiger charge is 2.14. The highest BCUT2D eigenvalue weighted by atomic mass is 16.7. The fraction of sp³-hybridized carbons (Fsp3) is 0.538. The predicted octanol–water partition coefficient (Wildman–Crippen LogP) is 2.95. The number of benzene rings is 1. The van der Waals surface area contributed by atoms with Gasteiger partial charge in [-0.1, -0.05) is 13.0 Å². The molecule has 0 bridgehead atoms. The Labute approximate surface area is 91.2 Å². The Morgan fingerprint density at radius 1 is 1.47 bits per heavy atom. The van der Waals surface area contributed by atoms with Gasteiger partial charge >= 0.3 is 0 Å². The smallest absolute Gasteiger partial charge is 0.199 e. The van der Waals surface area contributed by atoms with Gasteiger partial charge in [0.15, 0.2) is 6.29 Å². The average Bonchev–Trinajstić information content (AvgIpc) is 2.31. The first-order chi connectivity index (χ1) is 7.38. The van der Waals surface area contributed by atoms with Crippen LogP contribution in [0.2, 0.25) is 0 Å². The SMILES string of the molecule is CCc1[c]cc(OC2CCCCO2)cc1. The van der Waals surface area contributed by atoms with E-state index in [2.05, 4.69) is 19.1 Å². The normalized spacial score (nSPS) is 21.3. The van der Waals surface area contributed by atoms with E-state index < -0.39 is 0 Å². The quantitative estimate of drug-likeness (QED) is 0.755. The van der Waals surface area contributed by atoms with Crippen LogP contribution in [0.25, 0.3) is 0 Å². The molecule has 15 heavy (non-hydrogen) atoms. The van der Waals surface area contributed by atoms with Crippen LogP contribution >= 0.6 is 0 Å². The van der Waals surface area contributed by atoms with Gasteiger partial charge in [-0.3, -0.25) is 0 Å². The Morgan fingerprint density at radius 3 is 3.00 bits per heavy atom. The zero-order chi connectivity index (χ0) is 10.5. The van der Waals surface area contributed by atoms with Gasteiger partial charge in [0.25, 0.3) is 0 Å². The summed E-state index contributed by atoms with van der Waals surface area (Å²) in [5.41, 5.74) is 1.21. The number of hydrogen-bond acceptors (Lipinski definition) is 2. The van der Waals surface area contributed by atoms with Crippen molar-refractivity contribution in [3.8, 4) is 5.75 Å². The van der Waals surface area contributed by atoms with Crippen molar-refractivity contribution in [3.63, 3.8) is 0 Å². The molecule has 1 atom stereocenters. The summed E-state index contributed by atoms with van der Waals surface area (Å²) < 4.78 is 11.2. The van der Waals surface area contributed by atoms with Crippen LogP contribution in [0.4, 0.5) is 0 Å². The number of rotatable bonds is 3. The van der Waals surface area contributed by atoms with Crippen LogP contribution in [0.15, 0.2) is 18.2 Å². The van der Waals surface area contributed by atoms with Gasteiger partial charge in [-0.05, 0) is 43.0 Å². The van der Waals surface area contributed by atoms with E-state index >= 15 is 0 Å². The standard InChI is InChI=1S/C13H17O2/c1-2-11-6-8-12(9-7-11)15-13-5-3-4-10-14-13/h6,8-9,13H,2-5,10H2,1H3. The van der Waals surface area contributed by atoms with Crippen molar-refractivity contribution in [2.45, 2.75) is 38.9 Å². The molecule has 1 radical (unpaired) electrons. The van der Waals surface area contributed by atoms with Crippen LogP contribution in [0.3, 0.4) is 0 Å². The van der Waals surface area contributed by atoms with E-state index in [1.807, 2.05) is 12.1 Å². The van der Waals surface area contributed by atoms with E-state index in [0.29, 0.717) is 0 Å². The molecule has 1 aliphatic rings. The second-order valence-corrected chi connectivity index (χ2v) is 3.82. The monoisotopic (exact) mass is 205 g/mol. The Kier molecular flexibility index (Phi) is 3.62. The van der Waals surface area contributed by atoms with Gasteiger partial charge in [-0.2, -0.15) is 0 Å². The van der Waals surface area contributed by atoms with Crippen LogP contribution in [0.1, 0.15) is 31.7 Å². The van der Waals surface area contributed by atoms with Crippen molar-refractivity contribution < 1.29 is 9.47 Å². The van der Waals surface area contributed by atoms with Crippen molar-refractivity contribution in [3.05, 3.63) is 29.8 Å². The zero-order valence-corrected chi connectivity index (χ0v) is 9.16. The molecule has 1 heterocycles. The minimum atomic E-state index is -0.0559. The highest BCUT2D eigenvalue weighted by molar-refractivity contribution is 5.26. The van der Waals surface area contributed by atoms with Crippen molar-refractivity contribution in [1.29, 1.82) is 0 Å². The van der Waals surface area contributed by atoms with Crippen molar-refractivity contribution in [1.82, 2.24) is 0 Å². The first-order valence-electron chi connectivity index (χ1n) is 5.67. The van der Waals surface area contributed by atoms with Gasteiger partial charge in [0.05, 0.1) is 6.61 Å². The van der Waals surface area contributed by atoms with E-state index in [1.165, 1.54) is 12.0 Å². The fourth-order valence-electron chi connectivity index (χ4n) is 1.69. The molecule has 1 saturated heterocycles. The lowest BCUT2D eigenvalue weighted by Gasteiger charge is -2.23. The second-order valence-electron chi connectivity index (χ2n) is 3.82. The van der Waals surface area contributed by atoms with Crippen LogP contribution in [-0.2, 0) is 11.2 Å². The first kappa shape index (κ1) is 10.5. The molecule has 2 nitrogen and oxygen atoms in total. The summed E-state index contributed by atoms with van der Waals surface area (Å²) in [6.07, 6.45) is 4.30. The second kappa shape index (κ2) is 5.17. The molecule has 1 aliphatic heterocycles. The summed E-state index contributed by atoms with van der Waals surface area (Å²) in [6, 6.07) is 9.14. The van der Waals surface area contributed by atoms with Gasteiger partial charge < -0.3 is 9.47 Å². The van der Waals surface area contributed by atoms with Gasteiger partial charge in [0.1, 0.15) is 5.75 Å². The summed E-state index contributed by atoms with van der Waals surface area (Å²) in [7, 11) is 0. The molecule has 2 rings (SSSR count). The summed E-state index contributed by atoms with van der Waals surface area (Å²) in [6.45, 7) is 2.94. The van der Waals surface area contributed by atoms with Crippen molar-refractivity contribution in [2.75, 3.05) is 6.61 Å². The predicted molar refractivity (Wildman–Crippen MR) is 58.9 cm³/mol. The average molecular weight is 205 g/mol. The highest BCUT2D eigenvalue weighted by Crippen LogP contribution is 2.19. The summed E-state index contributed by atoms with van der Waals surface area (Å²) in [5, 5.41) is 0. The third kappa shape index (κ3) is 2.96. The molecule has 81 valence electrons. The van der Waals surface area contributed by atoms with E-state index in [9.17, 15) is 0 Å². The summed E-state index contributed by atoms with van der Waals surface area (Å²) in [4.78, 5) is 0. The van der Waals surface area contributed by atoms with Gasteiger partial charge in [0, 0.05) is 6.42 Å². The number of aryl methyl sites for hydroxylation is 1. The number of hydrogen-bond donors (Lipinski definition) is 0. The Hall–Kier alpha value is -1.02. The van der Waals surface area contributed by atoms with E-state index in [-0.39, 0.29) is 6.29 Å². The van der Waals surface area contributed by atoms with Gasteiger partial charge in [0.2, 0.25) is 0 Å². The molecule has 1 unspecified atom stereocenters. The Bertz CT molecular complexity index is 286. The summed E-state index contributed by atoms with van der Waals surface area (Å²) in [5.74, 6) is 0.860. The maximum atomic E-state index is 5.70. The molecule has 0 aromatic heterocycles. The third-order valence-electron chi connectivity index (χ3n) is 2.63. The first-order valence-corrected chi connectivity index (χ1v) is 5.67. The molecule has 1 aromatic rings. The minimum Gasteiger partial charge on any atom is -0.465 e. The minimum absolute atomic E-state index is 0.0559. The topological polar surface area (TPSA) is 18.5 Å². The van der Waals surface area contributed by atoms with E-state index in [0.717, 1.165) is 31.6 Å². The van der Waals surface area contributed by atoms with Crippen molar-refractivity contribution in [2.24, 2.45) is 0 Å². The molecule has 1 aromatic carbocycles. The lowest BCUT2D eigenvalue weighted by Crippen LogP contribution is -2.24. The summed E-state index contributed by atoms with van der Waals surface area (Å²) >= 11 is 0.